The predicted octanol–water partition coefficient (Wildman–Crippen LogP) is 2.83. The van der Waals surface area contributed by atoms with E-state index in [9.17, 15) is 13.2 Å². The molecule has 0 aromatic carbocycles. The van der Waals surface area contributed by atoms with Gasteiger partial charge in [-0.05, 0) is 25.0 Å². The standard InChI is InChI=1S/C11H13F3N2/c12-11(13,14)8-3-4-9(16-7-8)10(15)5-1-2-6-10/h3-4,7H,1-2,5-6,15H2. The molecule has 0 aliphatic heterocycles. The Hall–Kier alpha value is -1.10. The van der Waals surface area contributed by atoms with Gasteiger partial charge in [0.2, 0.25) is 0 Å². The van der Waals surface area contributed by atoms with Gasteiger partial charge >= 0.3 is 6.18 Å². The van der Waals surface area contributed by atoms with Gasteiger partial charge in [0.05, 0.1) is 16.8 Å². The zero-order valence-electron chi connectivity index (χ0n) is 8.72. The van der Waals surface area contributed by atoms with Gasteiger partial charge in [0.1, 0.15) is 0 Å². The minimum absolute atomic E-state index is 0.524. The summed E-state index contributed by atoms with van der Waals surface area (Å²) < 4.78 is 37.0. The zero-order chi connectivity index (χ0) is 11.8. The summed E-state index contributed by atoms with van der Waals surface area (Å²) >= 11 is 0. The van der Waals surface area contributed by atoms with E-state index in [0.717, 1.165) is 37.9 Å². The molecule has 0 saturated heterocycles. The minimum Gasteiger partial charge on any atom is -0.320 e. The lowest BCUT2D eigenvalue weighted by molar-refractivity contribution is -0.137. The van der Waals surface area contributed by atoms with Crippen LogP contribution in [0.4, 0.5) is 13.2 Å². The van der Waals surface area contributed by atoms with E-state index in [-0.39, 0.29) is 0 Å². The lowest BCUT2D eigenvalue weighted by Gasteiger charge is -2.23. The lowest BCUT2D eigenvalue weighted by atomic mass is 9.94. The van der Waals surface area contributed by atoms with Crippen molar-refractivity contribution in [2.75, 3.05) is 0 Å². The van der Waals surface area contributed by atoms with Crippen LogP contribution in [-0.2, 0) is 11.7 Å². The van der Waals surface area contributed by atoms with Crippen molar-refractivity contribution in [2.45, 2.75) is 37.4 Å². The van der Waals surface area contributed by atoms with Crippen LogP contribution in [0.3, 0.4) is 0 Å². The highest BCUT2D eigenvalue weighted by atomic mass is 19.4. The maximum atomic E-state index is 12.3. The molecule has 1 aliphatic rings. The molecule has 1 saturated carbocycles. The van der Waals surface area contributed by atoms with E-state index in [4.69, 9.17) is 5.73 Å². The topological polar surface area (TPSA) is 38.9 Å². The third-order valence-corrected chi connectivity index (χ3v) is 3.10. The number of halogens is 3. The summed E-state index contributed by atoms with van der Waals surface area (Å²) in [6.45, 7) is 0. The van der Waals surface area contributed by atoms with Gasteiger partial charge in [-0.3, -0.25) is 4.98 Å². The SMILES string of the molecule is NC1(c2ccc(C(F)(F)F)cn2)CCCC1. The van der Waals surface area contributed by atoms with Gasteiger partial charge < -0.3 is 5.73 Å². The number of pyridine rings is 1. The molecule has 88 valence electrons. The number of rotatable bonds is 1. The Labute approximate surface area is 91.7 Å². The summed E-state index contributed by atoms with van der Waals surface area (Å²) in [5, 5.41) is 0. The second-order valence-corrected chi connectivity index (χ2v) is 4.29. The van der Waals surface area contributed by atoms with Gasteiger partial charge in [-0.2, -0.15) is 13.2 Å². The van der Waals surface area contributed by atoms with E-state index in [1.807, 2.05) is 0 Å². The summed E-state index contributed by atoms with van der Waals surface area (Å²) in [6, 6.07) is 2.45. The van der Waals surface area contributed by atoms with Gasteiger partial charge in [-0.1, -0.05) is 12.8 Å². The first-order valence-electron chi connectivity index (χ1n) is 5.24. The van der Waals surface area contributed by atoms with Gasteiger partial charge in [-0.15, -0.1) is 0 Å². The Morgan fingerprint density at radius 1 is 1.19 bits per heavy atom. The van der Waals surface area contributed by atoms with E-state index >= 15 is 0 Å². The van der Waals surface area contributed by atoms with Crippen molar-refractivity contribution in [3.05, 3.63) is 29.6 Å². The molecule has 0 spiro atoms. The van der Waals surface area contributed by atoms with Gasteiger partial charge in [-0.25, -0.2) is 0 Å². The molecular weight excluding hydrogens is 217 g/mol. The predicted molar refractivity (Wildman–Crippen MR) is 53.6 cm³/mol. The summed E-state index contributed by atoms with van der Waals surface area (Å²) in [6.07, 6.45) is 0.153. The molecule has 0 radical (unpaired) electrons. The summed E-state index contributed by atoms with van der Waals surface area (Å²) in [5.41, 5.74) is 5.42. The van der Waals surface area contributed by atoms with Crippen molar-refractivity contribution in [1.29, 1.82) is 0 Å². The van der Waals surface area contributed by atoms with E-state index in [1.165, 1.54) is 6.07 Å². The highest BCUT2D eigenvalue weighted by Gasteiger charge is 2.35. The highest BCUT2D eigenvalue weighted by Crippen LogP contribution is 2.36. The van der Waals surface area contributed by atoms with Crippen molar-refractivity contribution in [3.8, 4) is 0 Å². The van der Waals surface area contributed by atoms with E-state index in [2.05, 4.69) is 4.98 Å². The third kappa shape index (κ3) is 2.04. The fourth-order valence-electron chi connectivity index (χ4n) is 2.12. The summed E-state index contributed by atoms with van der Waals surface area (Å²) in [7, 11) is 0. The smallest absolute Gasteiger partial charge is 0.320 e. The van der Waals surface area contributed by atoms with Crippen molar-refractivity contribution >= 4 is 0 Å². The molecule has 1 aromatic heterocycles. The van der Waals surface area contributed by atoms with E-state index in [0.29, 0.717) is 5.69 Å². The second kappa shape index (κ2) is 3.73. The van der Waals surface area contributed by atoms with Crippen LogP contribution in [0.2, 0.25) is 0 Å². The molecule has 2 nitrogen and oxygen atoms in total. The lowest BCUT2D eigenvalue weighted by Crippen LogP contribution is -2.34. The van der Waals surface area contributed by atoms with Gasteiger partial charge in [0, 0.05) is 6.20 Å². The number of aromatic nitrogens is 1. The van der Waals surface area contributed by atoms with Crippen LogP contribution in [0.5, 0.6) is 0 Å². The monoisotopic (exact) mass is 230 g/mol. The van der Waals surface area contributed by atoms with Crippen LogP contribution in [0.1, 0.15) is 36.9 Å². The first-order valence-corrected chi connectivity index (χ1v) is 5.24. The van der Waals surface area contributed by atoms with Crippen molar-refractivity contribution in [1.82, 2.24) is 4.98 Å². The highest BCUT2D eigenvalue weighted by molar-refractivity contribution is 5.22. The Morgan fingerprint density at radius 2 is 1.81 bits per heavy atom. The summed E-state index contributed by atoms with van der Waals surface area (Å²) in [4.78, 5) is 3.85. The van der Waals surface area contributed by atoms with Crippen molar-refractivity contribution in [3.63, 3.8) is 0 Å². The molecule has 1 fully saturated rings. The molecule has 1 heterocycles. The quantitative estimate of drug-likeness (QED) is 0.805. The first kappa shape index (κ1) is 11.4. The molecule has 5 heteroatoms. The van der Waals surface area contributed by atoms with Crippen LogP contribution in [-0.4, -0.2) is 4.98 Å². The Bertz CT molecular complexity index is 364. The molecule has 16 heavy (non-hydrogen) atoms. The average Bonchev–Trinajstić information content (AvgIpc) is 2.66. The number of nitrogens with zero attached hydrogens (tertiary/aromatic N) is 1. The molecule has 0 bridgehead atoms. The molecule has 2 N–H and O–H groups in total. The second-order valence-electron chi connectivity index (χ2n) is 4.29. The molecule has 0 amide bonds. The Morgan fingerprint density at radius 3 is 2.25 bits per heavy atom. The zero-order valence-corrected chi connectivity index (χ0v) is 8.72. The number of alkyl halides is 3. The van der Waals surface area contributed by atoms with Crippen LogP contribution in [0.15, 0.2) is 18.3 Å². The normalized spacial score (nSPS) is 20.0. The van der Waals surface area contributed by atoms with Gasteiger partial charge in [0.25, 0.3) is 0 Å². The minimum atomic E-state index is -4.33. The van der Waals surface area contributed by atoms with Crippen LogP contribution < -0.4 is 5.73 Å². The van der Waals surface area contributed by atoms with E-state index in [1.54, 1.807) is 0 Å². The third-order valence-electron chi connectivity index (χ3n) is 3.10. The largest absolute Gasteiger partial charge is 0.417 e. The number of hydrogen-bond donors (Lipinski definition) is 1. The molecule has 1 aromatic rings. The first-order chi connectivity index (χ1) is 7.42. The fraction of sp³-hybridized carbons (Fsp3) is 0.545. The van der Waals surface area contributed by atoms with E-state index < -0.39 is 17.3 Å². The number of nitrogens with two attached hydrogens (primary N) is 1. The van der Waals surface area contributed by atoms with Crippen molar-refractivity contribution in [2.24, 2.45) is 5.73 Å². The van der Waals surface area contributed by atoms with Gasteiger partial charge in [0.15, 0.2) is 0 Å². The maximum Gasteiger partial charge on any atom is 0.417 e. The van der Waals surface area contributed by atoms with Crippen molar-refractivity contribution < 1.29 is 13.2 Å². The molecule has 0 atom stereocenters. The molecule has 2 rings (SSSR count). The van der Waals surface area contributed by atoms with Crippen LogP contribution in [0, 0.1) is 0 Å². The molecule has 1 aliphatic carbocycles. The fourth-order valence-corrected chi connectivity index (χ4v) is 2.12. The number of hydrogen-bond acceptors (Lipinski definition) is 2. The molecular formula is C11H13F3N2. The Kier molecular flexibility index (Phi) is 2.66. The van der Waals surface area contributed by atoms with Crippen LogP contribution >= 0.6 is 0 Å². The summed E-state index contributed by atoms with van der Waals surface area (Å²) in [5.74, 6) is 0. The average molecular weight is 230 g/mol. The maximum absolute atomic E-state index is 12.3. The Balaban J connectivity index is 2.26. The van der Waals surface area contributed by atoms with Crippen LogP contribution in [0.25, 0.3) is 0 Å². The molecule has 0 unspecified atom stereocenters.